The molecule has 0 saturated heterocycles. The van der Waals surface area contributed by atoms with Gasteiger partial charge in [-0.2, -0.15) is 0 Å². The number of unbranched alkanes of at least 4 members (excludes halogenated alkanes) is 10. The molecule has 0 aliphatic heterocycles. The second kappa shape index (κ2) is 20.0. The van der Waals surface area contributed by atoms with Crippen LogP contribution >= 0.6 is 7.82 Å². The molecular formula is C24H54N2O7PS+. The van der Waals surface area contributed by atoms with Gasteiger partial charge in [0.25, 0.3) is 0 Å². The van der Waals surface area contributed by atoms with Crippen molar-refractivity contribution < 1.29 is 36.5 Å². The number of nitrogens with one attached hydrogen (secondary N) is 1. The summed E-state index contributed by atoms with van der Waals surface area (Å²) in [6.07, 6.45) is 14.6. The van der Waals surface area contributed by atoms with Crippen molar-refractivity contribution in [2.45, 2.75) is 103 Å². The maximum Gasteiger partial charge on any atom is 0.469 e. The van der Waals surface area contributed by atoms with Gasteiger partial charge in [-0.1, -0.05) is 64.7 Å². The van der Waals surface area contributed by atoms with E-state index in [1.807, 2.05) is 21.1 Å². The summed E-state index contributed by atoms with van der Waals surface area (Å²) in [7, 11) is -1.53. The molecule has 0 aromatic carbocycles. The maximum absolute atomic E-state index is 11.8. The molecule has 3 N–H and O–H groups in total. The summed E-state index contributed by atoms with van der Waals surface area (Å²) < 4.78 is 48.3. The molecule has 9 nitrogen and oxygen atoms in total. The molecule has 35 heavy (non-hydrogen) atoms. The van der Waals surface area contributed by atoms with Gasteiger partial charge in [-0.15, -0.1) is 0 Å². The fourth-order valence-electron chi connectivity index (χ4n) is 3.81. The summed E-state index contributed by atoms with van der Waals surface area (Å²) in [6.45, 7) is 4.07. The summed E-state index contributed by atoms with van der Waals surface area (Å²) in [5.74, 6) is 0.250. The Morgan fingerprint density at radius 3 is 1.91 bits per heavy atom. The predicted molar refractivity (Wildman–Crippen MR) is 143 cm³/mol. The minimum atomic E-state index is -4.44. The molecule has 0 spiro atoms. The van der Waals surface area contributed by atoms with Crippen LogP contribution in [0.4, 0.5) is 0 Å². The van der Waals surface area contributed by atoms with Gasteiger partial charge in [-0.25, -0.2) is 17.7 Å². The number of likely N-dealkylation sites (N-methyl/N-ethyl adjacent to an activating group) is 1. The highest BCUT2D eigenvalue weighted by molar-refractivity contribution is 7.89. The smallest absolute Gasteiger partial charge is 0.381 e. The van der Waals surface area contributed by atoms with Gasteiger partial charge < -0.3 is 19.0 Å². The van der Waals surface area contributed by atoms with Gasteiger partial charge in [0.2, 0.25) is 10.0 Å². The van der Waals surface area contributed by atoms with E-state index in [-0.39, 0.29) is 18.4 Å². The second-order valence-electron chi connectivity index (χ2n) is 10.4. The molecule has 11 heteroatoms. The van der Waals surface area contributed by atoms with Crippen molar-refractivity contribution in [3.63, 3.8) is 0 Å². The normalized spacial score (nSPS) is 13.9. The number of sulfonamides is 1. The predicted octanol–water partition coefficient (Wildman–Crippen LogP) is 4.59. The molecule has 0 aromatic heterocycles. The van der Waals surface area contributed by atoms with Crippen LogP contribution < -0.4 is 4.72 Å². The van der Waals surface area contributed by atoms with Crippen LogP contribution in [0.15, 0.2) is 0 Å². The van der Waals surface area contributed by atoms with Gasteiger partial charge in [0.05, 0.1) is 26.9 Å². The highest BCUT2D eigenvalue weighted by Crippen LogP contribution is 2.36. The van der Waals surface area contributed by atoms with Gasteiger partial charge >= 0.3 is 7.82 Å². The summed E-state index contributed by atoms with van der Waals surface area (Å²) in [6, 6.07) is 0.00563. The van der Waals surface area contributed by atoms with Crippen molar-refractivity contribution in [2.75, 3.05) is 53.3 Å². The molecule has 0 fully saturated rings. The van der Waals surface area contributed by atoms with Crippen LogP contribution in [0.3, 0.4) is 0 Å². The SMILES string of the molecule is CCCCCS(=O)(=O)NCCCCCCCCCCCOCCCC(COP(=O)(O)O)[N+](C)(C)C. The average molecular weight is 546 g/mol. The van der Waals surface area contributed by atoms with Crippen molar-refractivity contribution in [3.8, 4) is 0 Å². The first kappa shape index (κ1) is 34.9. The monoisotopic (exact) mass is 545 g/mol. The third kappa shape index (κ3) is 24.1. The lowest BCUT2D eigenvalue weighted by atomic mass is 10.1. The van der Waals surface area contributed by atoms with Gasteiger partial charge in [0.15, 0.2) is 0 Å². The molecule has 0 aliphatic rings. The van der Waals surface area contributed by atoms with Crippen LogP contribution in [0.1, 0.15) is 96.8 Å². The first-order chi connectivity index (χ1) is 16.4. The number of phosphoric ester groups is 1. The van der Waals surface area contributed by atoms with Gasteiger partial charge in [-0.05, 0) is 25.7 Å². The Balaban J connectivity index is 3.53. The first-order valence-corrected chi connectivity index (χ1v) is 16.6. The van der Waals surface area contributed by atoms with E-state index in [0.29, 0.717) is 17.6 Å². The van der Waals surface area contributed by atoms with E-state index in [1.165, 1.54) is 25.7 Å². The number of hydrogen-bond donors (Lipinski definition) is 3. The average Bonchev–Trinajstić information content (AvgIpc) is 2.73. The molecule has 1 unspecified atom stereocenters. The molecule has 1 atom stereocenters. The number of phosphoric acid groups is 1. The fraction of sp³-hybridized carbons (Fsp3) is 1.00. The Hall–Kier alpha value is -0.0600. The van der Waals surface area contributed by atoms with Crippen molar-refractivity contribution in [2.24, 2.45) is 0 Å². The summed E-state index contributed by atoms with van der Waals surface area (Å²) in [5, 5.41) is 0. The summed E-state index contributed by atoms with van der Waals surface area (Å²) in [5.41, 5.74) is 0. The Kier molecular flexibility index (Phi) is 19.9. The molecule has 0 rings (SSSR count). The first-order valence-electron chi connectivity index (χ1n) is 13.4. The summed E-state index contributed by atoms with van der Waals surface area (Å²) in [4.78, 5) is 17.9. The zero-order valence-corrected chi connectivity index (χ0v) is 24.5. The number of rotatable bonds is 25. The van der Waals surface area contributed by atoms with Crippen molar-refractivity contribution in [1.29, 1.82) is 0 Å². The van der Waals surface area contributed by atoms with E-state index in [2.05, 4.69) is 11.6 Å². The standard InChI is InChI=1S/C24H53N2O7PS/c1-5-6-16-22-35(30,31)25-19-14-12-10-8-7-9-11-13-15-20-32-21-17-18-24(26(2,3)4)23-33-34(27,28)29/h24-25H,5-23H2,1-4H3,(H-,27,28,29)/p+1. The van der Waals surface area contributed by atoms with Crippen LogP contribution in [-0.4, -0.2) is 82.0 Å². The zero-order chi connectivity index (χ0) is 26.6. The van der Waals surface area contributed by atoms with Crippen molar-refractivity contribution in [3.05, 3.63) is 0 Å². The highest BCUT2D eigenvalue weighted by atomic mass is 32.2. The zero-order valence-electron chi connectivity index (χ0n) is 22.8. The van der Waals surface area contributed by atoms with E-state index in [9.17, 15) is 13.0 Å². The quantitative estimate of drug-likeness (QED) is 0.0871. The van der Waals surface area contributed by atoms with E-state index in [4.69, 9.17) is 19.0 Å². The third-order valence-corrected chi connectivity index (χ3v) is 8.12. The van der Waals surface area contributed by atoms with Crippen molar-refractivity contribution in [1.82, 2.24) is 4.72 Å². The van der Waals surface area contributed by atoms with Crippen LogP contribution in [0.2, 0.25) is 0 Å². The Morgan fingerprint density at radius 2 is 1.37 bits per heavy atom. The third-order valence-electron chi connectivity index (χ3n) is 6.16. The summed E-state index contributed by atoms with van der Waals surface area (Å²) >= 11 is 0. The molecule has 0 aliphatic carbocycles. The van der Waals surface area contributed by atoms with Crippen LogP contribution in [0.25, 0.3) is 0 Å². The van der Waals surface area contributed by atoms with Crippen LogP contribution in [0.5, 0.6) is 0 Å². The topological polar surface area (TPSA) is 122 Å². The minimum absolute atomic E-state index is 0.00563. The maximum atomic E-state index is 11.8. The molecule has 0 aromatic rings. The molecule has 212 valence electrons. The molecule has 0 amide bonds. The van der Waals surface area contributed by atoms with Gasteiger partial charge in [0, 0.05) is 26.2 Å². The van der Waals surface area contributed by atoms with E-state index in [1.54, 1.807) is 0 Å². The number of nitrogens with zero attached hydrogens (tertiary/aromatic N) is 1. The van der Waals surface area contributed by atoms with E-state index in [0.717, 1.165) is 70.8 Å². The number of ether oxygens (including phenoxy) is 1. The van der Waals surface area contributed by atoms with Crippen molar-refractivity contribution >= 4 is 17.8 Å². The second-order valence-corrected chi connectivity index (χ2v) is 13.6. The lowest BCUT2D eigenvalue weighted by Gasteiger charge is -2.34. The molecule has 0 heterocycles. The fourth-order valence-corrected chi connectivity index (χ4v) is 5.36. The Labute approximate surface area is 215 Å². The lowest BCUT2D eigenvalue weighted by Crippen LogP contribution is -2.47. The van der Waals surface area contributed by atoms with Crippen LogP contribution in [-0.2, 0) is 23.8 Å². The van der Waals surface area contributed by atoms with E-state index >= 15 is 0 Å². The van der Waals surface area contributed by atoms with Crippen LogP contribution in [0, 0.1) is 0 Å². The molecular weight excluding hydrogens is 491 g/mol. The highest BCUT2D eigenvalue weighted by Gasteiger charge is 2.27. The lowest BCUT2D eigenvalue weighted by molar-refractivity contribution is -0.896. The minimum Gasteiger partial charge on any atom is -0.381 e. The number of hydrogen-bond acceptors (Lipinski definition) is 5. The largest absolute Gasteiger partial charge is 0.469 e. The number of quaternary nitrogens is 1. The van der Waals surface area contributed by atoms with E-state index < -0.39 is 17.8 Å². The molecule has 0 bridgehead atoms. The molecule has 0 saturated carbocycles. The molecule has 0 radical (unpaired) electrons. The Morgan fingerprint density at radius 1 is 0.829 bits per heavy atom. The van der Waals surface area contributed by atoms with Gasteiger partial charge in [-0.3, -0.25) is 4.52 Å². The Bertz CT molecular complexity index is 651. The van der Waals surface area contributed by atoms with Gasteiger partial charge in [0.1, 0.15) is 12.6 Å².